The van der Waals surface area contributed by atoms with Gasteiger partial charge >= 0.3 is 0 Å². The van der Waals surface area contributed by atoms with E-state index in [0.29, 0.717) is 19.5 Å². The van der Waals surface area contributed by atoms with Gasteiger partial charge in [0.2, 0.25) is 5.91 Å². The maximum atomic E-state index is 11.3. The van der Waals surface area contributed by atoms with Crippen LogP contribution < -0.4 is 16.0 Å². The zero-order chi connectivity index (χ0) is 14.8. The van der Waals surface area contributed by atoms with Crippen LogP contribution in [0.5, 0.6) is 0 Å². The van der Waals surface area contributed by atoms with Gasteiger partial charge < -0.3 is 20.7 Å². The van der Waals surface area contributed by atoms with Gasteiger partial charge in [0.1, 0.15) is 5.91 Å². The van der Waals surface area contributed by atoms with Crippen LogP contribution in [0.3, 0.4) is 0 Å². The second kappa shape index (κ2) is 12.1. The van der Waals surface area contributed by atoms with Crippen molar-refractivity contribution in [3.63, 3.8) is 0 Å². The molecule has 0 bridgehead atoms. The van der Waals surface area contributed by atoms with Crippen LogP contribution >= 0.6 is 0 Å². The van der Waals surface area contributed by atoms with Crippen LogP contribution in [0.25, 0.3) is 0 Å². The Balaban J connectivity index is 0. The first-order valence-corrected chi connectivity index (χ1v) is 6.53. The largest absolute Gasteiger partial charge is 0.481 e. The summed E-state index contributed by atoms with van der Waals surface area (Å²) in [5.41, 5.74) is 0. The molecule has 0 fully saturated rings. The number of nitrogens with one attached hydrogen (secondary N) is 3. The summed E-state index contributed by atoms with van der Waals surface area (Å²) in [6.45, 7) is 9.24. The quantitative estimate of drug-likeness (QED) is 0.427. The van der Waals surface area contributed by atoms with Crippen molar-refractivity contribution >= 4 is 17.7 Å². The summed E-state index contributed by atoms with van der Waals surface area (Å²) in [4.78, 5) is 33.7. The van der Waals surface area contributed by atoms with Crippen molar-refractivity contribution < 1.29 is 47.1 Å². The van der Waals surface area contributed by atoms with Crippen LogP contribution in [0.2, 0.25) is 0 Å². The first-order chi connectivity index (χ1) is 8.84. The smallest absolute Gasteiger partial charge is 0.222 e. The van der Waals surface area contributed by atoms with Crippen LogP contribution in [0.1, 0.15) is 34.1 Å². The first-order valence-electron chi connectivity index (χ1n) is 6.53. The summed E-state index contributed by atoms with van der Waals surface area (Å²) in [6, 6.07) is 0. The monoisotopic (exact) mass is 359 g/mol. The third-order valence-corrected chi connectivity index (χ3v) is 2.35. The third kappa shape index (κ3) is 11.2. The average Bonchev–Trinajstić information content (AvgIpc) is 2.34. The molecular weight excluding hydrogens is 335 g/mol. The predicted molar refractivity (Wildman–Crippen MR) is 72.8 cm³/mol. The molecule has 0 aromatic rings. The van der Waals surface area contributed by atoms with E-state index in [-0.39, 0.29) is 62.3 Å². The van der Waals surface area contributed by atoms with E-state index in [1.54, 1.807) is 13.8 Å². The molecule has 113 valence electrons. The zero-order valence-electron chi connectivity index (χ0n) is 12.7. The maximum absolute atomic E-state index is 11.3. The van der Waals surface area contributed by atoms with E-state index >= 15 is 0 Å². The van der Waals surface area contributed by atoms with Gasteiger partial charge in [-0.1, -0.05) is 27.7 Å². The van der Waals surface area contributed by atoms with E-state index in [1.165, 1.54) is 0 Å². The normalized spacial score (nSPS) is 9.70. The Bertz CT molecular complexity index is 320. The summed E-state index contributed by atoms with van der Waals surface area (Å²) in [5, 5.41) is 7.78. The molecule has 0 saturated heterocycles. The van der Waals surface area contributed by atoms with Crippen molar-refractivity contribution in [1.82, 2.24) is 16.0 Å². The summed E-state index contributed by atoms with van der Waals surface area (Å²) in [5.74, 6) is -0.727. The minimum atomic E-state index is -0.343. The Kier molecular flexibility index (Phi) is 13.2. The molecule has 0 spiro atoms. The van der Waals surface area contributed by atoms with Gasteiger partial charge in [0, 0.05) is 57.6 Å². The topological polar surface area (TPSA) is 87.3 Å². The zero-order valence-corrected chi connectivity index (χ0v) is 15.5. The molecule has 0 aromatic carbocycles. The second-order valence-corrected chi connectivity index (χ2v) is 4.90. The van der Waals surface area contributed by atoms with E-state index in [0.717, 1.165) is 6.54 Å². The van der Waals surface area contributed by atoms with Gasteiger partial charge in [0.15, 0.2) is 5.91 Å². The SMILES string of the molecule is CC(C)C(=O)N[CH-]C(=O)NCCCNC(=O)C(C)C.[Y]. The number of rotatable bonds is 8. The summed E-state index contributed by atoms with van der Waals surface area (Å²) < 4.78 is 0. The molecule has 0 aliphatic carbocycles. The molecular formula is C13H24N3O3Y-. The molecule has 0 saturated carbocycles. The van der Waals surface area contributed by atoms with Gasteiger partial charge in [-0.05, 0) is 6.42 Å². The van der Waals surface area contributed by atoms with Crippen molar-refractivity contribution in [1.29, 1.82) is 0 Å². The molecule has 0 unspecified atom stereocenters. The molecule has 0 aliphatic heterocycles. The number of amides is 3. The molecule has 1 radical (unpaired) electrons. The summed E-state index contributed by atoms with van der Waals surface area (Å²) in [6.07, 6.45) is 0.649. The molecule has 6 nitrogen and oxygen atoms in total. The van der Waals surface area contributed by atoms with Gasteiger partial charge in [-0.3, -0.25) is 9.59 Å². The fourth-order valence-electron chi connectivity index (χ4n) is 1.07. The van der Waals surface area contributed by atoms with Gasteiger partial charge in [0.05, 0.1) is 0 Å². The van der Waals surface area contributed by atoms with Crippen molar-refractivity contribution in [2.75, 3.05) is 13.1 Å². The van der Waals surface area contributed by atoms with Gasteiger partial charge in [-0.2, -0.15) is 0 Å². The number of carbonyl (C=O) groups is 3. The molecule has 7 heteroatoms. The summed E-state index contributed by atoms with van der Waals surface area (Å²) in [7, 11) is 0. The molecule has 0 atom stereocenters. The Labute approximate surface area is 146 Å². The van der Waals surface area contributed by atoms with E-state index in [1.807, 2.05) is 13.8 Å². The van der Waals surface area contributed by atoms with Crippen LogP contribution in [-0.4, -0.2) is 30.8 Å². The van der Waals surface area contributed by atoms with Crippen LogP contribution in [0.15, 0.2) is 0 Å². The van der Waals surface area contributed by atoms with E-state index in [2.05, 4.69) is 16.0 Å². The fourth-order valence-corrected chi connectivity index (χ4v) is 1.07. The van der Waals surface area contributed by atoms with E-state index < -0.39 is 0 Å². The van der Waals surface area contributed by atoms with E-state index in [4.69, 9.17) is 0 Å². The average molecular weight is 359 g/mol. The van der Waals surface area contributed by atoms with E-state index in [9.17, 15) is 14.4 Å². The molecule has 3 N–H and O–H groups in total. The molecule has 0 rings (SSSR count). The van der Waals surface area contributed by atoms with Crippen LogP contribution in [0, 0.1) is 18.4 Å². The molecule has 20 heavy (non-hydrogen) atoms. The van der Waals surface area contributed by atoms with Gasteiger partial charge in [-0.25, -0.2) is 6.54 Å². The first kappa shape index (κ1) is 21.7. The number of carbonyl (C=O) groups excluding carboxylic acids is 3. The maximum Gasteiger partial charge on any atom is 0.222 e. The standard InChI is InChI=1S/C13H24N3O3.Y/c1-9(2)12(18)15-7-5-6-14-11(17)8-16-13(19)10(3)4;/h8-10H,5-7H2,1-4H3,(H,14,17)(H,15,18)(H,16,19);/q-1;. The van der Waals surface area contributed by atoms with Crippen molar-refractivity contribution in [2.45, 2.75) is 34.1 Å². The Morgan fingerprint density at radius 3 is 1.90 bits per heavy atom. The van der Waals surface area contributed by atoms with Crippen molar-refractivity contribution in [2.24, 2.45) is 11.8 Å². The van der Waals surface area contributed by atoms with Crippen molar-refractivity contribution in [3.05, 3.63) is 6.54 Å². The minimum absolute atomic E-state index is 0. The molecule has 0 heterocycles. The van der Waals surface area contributed by atoms with Crippen molar-refractivity contribution in [3.8, 4) is 0 Å². The Morgan fingerprint density at radius 2 is 1.40 bits per heavy atom. The fraction of sp³-hybridized carbons (Fsp3) is 0.692. The minimum Gasteiger partial charge on any atom is -0.481 e. The van der Waals surface area contributed by atoms with Gasteiger partial charge in [0.25, 0.3) is 0 Å². The molecule has 0 aromatic heterocycles. The Hall–Kier alpha value is -0.616. The summed E-state index contributed by atoms with van der Waals surface area (Å²) >= 11 is 0. The van der Waals surface area contributed by atoms with Gasteiger partial charge in [-0.15, -0.1) is 0 Å². The molecule has 3 amide bonds. The number of hydrogen-bond donors (Lipinski definition) is 3. The number of hydrogen-bond acceptors (Lipinski definition) is 3. The predicted octanol–water partition coefficient (Wildman–Crippen LogP) is 0.196. The Morgan fingerprint density at radius 1 is 0.900 bits per heavy atom. The molecule has 0 aliphatic rings. The van der Waals surface area contributed by atoms with Crippen LogP contribution in [0.4, 0.5) is 0 Å². The van der Waals surface area contributed by atoms with Crippen LogP contribution in [-0.2, 0) is 47.1 Å². The second-order valence-electron chi connectivity index (χ2n) is 4.90. The third-order valence-electron chi connectivity index (χ3n) is 2.35.